The second-order valence-electron chi connectivity index (χ2n) is 5.10. The van der Waals surface area contributed by atoms with Crippen LogP contribution in [0.3, 0.4) is 0 Å². The number of nitrogens with zero attached hydrogens (tertiary/aromatic N) is 1. The molecule has 5 atom stereocenters. The molecular weight excluding hydrogens is 194 g/mol. The first-order chi connectivity index (χ1) is 7.11. The highest BCUT2D eigenvalue weighted by Crippen LogP contribution is 2.63. The van der Waals surface area contributed by atoms with Crippen LogP contribution < -0.4 is 0 Å². The molecule has 1 heterocycles. The molecule has 1 amide bonds. The van der Waals surface area contributed by atoms with Gasteiger partial charge >= 0.3 is 5.97 Å². The Kier molecular flexibility index (Phi) is 1.68. The van der Waals surface area contributed by atoms with Gasteiger partial charge in [0.25, 0.3) is 0 Å². The summed E-state index contributed by atoms with van der Waals surface area (Å²) in [4.78, 5) is 24.1. The number of carboxylic acid groups (broad SMARTS) is 1. The first kappa shape index (κ1) is 9.19. The molecule has 3 rings (SSSR count). The maximum atomic E-state index is 11.4. The summed E-state index contributed by atoms with van der Waals surface area (Å²) in [5.41, 5.74) is 0. The fourth-order valence-electron chi connectivity index (χ4n) is 3.91. The Labute approximate surface area is 88.2 Å². The van der Waals surface area contributed by atoms with Crippen molar-refractivity contribution in [2.24, 2.45) is 23.7 Å². The fraction of sp³-hybridized carbons (Fsp3) is 0.818. The van der Waals surface area contributed by atoms with Crippen molar-refractivity contribution >= 4 is 11.9 Å². The van der Waals surface area contributed by atoms with Crippen molar-refractivity contribution in [2.75, 3.05) is 6.54 Å². The van der Waals surface area contributed by atoms with Crippen LogP contribution in [0.4, 0.5) is 0 Å². The SMILES string of the molecule is CC(=O)N1CC2C3CCC3C2C1C(=O)O. The van der Waals surface area contributed by atoms with Gasteiger partial charge in [0.05, 0.1) is 0 Å². The van der Waals surface area contributed by atoms with Crippen LogP contribution in [0.25, 0.3) is 0 Å². The van der Waals surface area contributed by atoms with E-state index in [0.29, 0.717) is 18.4 Å². The summed E-state index contributed by atoms with van der Waals surface area (Å²) in [6, 6.07) is -0.533. The van der Waals surface area contributed by atoms with E-state index in [1.165, 1.54) is 19.8 Å². The van der Waals surface area contributed by atoms with Crippen LogP contribution in [0.5, 0.6) is 0 Å². The number of carbonyl (C=O) groups is 2. The van der Waals surface area contributed by atoms with E-state index >= 15 is 0 Å². The van der Waals surface area contributed by atoms with Crippen molar-refractivity contribution in [1.82, 2.24) is 4.90 Å². The topological polar surface area (TPSA) is 57.6 Å². The van der Waals surface area contributed by atoms with Gasteiger partial charge in [-0.05, 0) is 36.5 Å². The molecule has 15 heavy (non-hydrogen) atoms. The number of likely N-dealkylation sites (tertiary alicyclic amines) is 1. The molecule has 2 saturated carbocycles. The lowest BCUT2D eigenvalue weighted by Gasteiger charge is -2.57. The summed E-state index contributed by atoms with van der Waals surface area (Å²) >= 11 is 0. The molecular formula is C11H15NO3. The van der Waals surface area contributed by atoms with Gasteiger partial charge in [-0.3, -0.25) is 4.79 Å². The van der Waals surface area contributed by atoms with Crippen LogP contribution in [0.15, 0.2) is 0 Å². The van der Waals surface area contributed by atoms with Crippen LogP contribution in [0, 0.1) is 23.7 Å². The molecule has 0 radical (unpaired) electrons. The molecule has 5 unspecified atom stereocenters. The zero-order valence-corrected chi connectivity index (χ0v) is 8.72. The quantitative estimate of drug-likeness (QED) is 0.687. The minimum atomic E-state index is -0.817. The summed E-state index contributed by atoms with van der Waals surface area (Å²) in [5, 5.41) is 9.19. The van der Waals surface area contributed by atoms with Gasteiger partial charge in [0, 0.05) is 13.5 Å². The standard InChI is InChI=1S/C11H15NO3/c1-5(13)12-4-8-6-2-3-7(6)9(8)10(12)11(14)15/h6-10H,2-4H2,1H3,(H,14,15). The minimum absolute atomic E-state index is 0.0869. The molecule has 4 nitrogen and oxygen atoms in total. The summed E-state index contributed by atoms with van der Waals surface area (Å²) in [6.45, 7) is 2.15. The molecule has 0 aromatic heterocycles. The largest absolute Gasteiger partial charge is 0.480 e. The Hall–Kier alpha value is -1.06. The molecule has 0 spiro atoms. The Morgan fingerprint density at radius 1 is 1.20 bits per heavy atom. The molecule has 0 aromatic carbocycles. The molecule has 1 aliphatic heterocycles. The predicted octanol–water partition coefficient (Wildman–Crippen LogP) is 0.574. The van der Waals surface area contributed by atoms with Crippen molar-refractivity contribution in [3.8, 4) is 0 Å². The van der Waals surface area contributed by atoms with Gasteiger partial charge in [0.1, 0.15) is 6.04 Å². The molecule has 1 N–H and O–H groups in total. The highest BCUT2D eigenvalue weighted by molar-refractivity contribution is 5.83. The average molecular weight is 209 g/mol. The average Bonchev–Trinajstić information content (AvgIpc) is 2.41. The van der Waals surface area contributed by atoms with E-state index < -0.39 is 12.0 Å². The molecule has 1 saturated heterocycles. The summed E-state index contributed by atoms with van der Waals surface area (Å²) < 4.78 is 0. The fourth-order valence-corrected chi connectivity index (χ4v) is 3.91. The lowest BCUT2D eigenvalue weighted by Crippen LogP contribution is -2.56. The Balaban J connectivity index is 1.87. The van der Waals surface area contributed by atoms with Crippen LogP contribution in [0.2, 0.25) is 0 Å². The normalized spacial score (nSPS) is 46.2. The number of amides is 1. The molecule has 3 aliphatic rings. The van der Waals surface area contributed by atoms with Gasteiger partial charge in [0.15, 0.2) is 0 Å². The van der Waals surface area contributed by atoms with E-state index in [1.807, 2.05) is 0 Å². The third-order valence-corrected chi connectivity index (χ3v) is 4.69. The van der Waals surface area contributed by atoms with Gasteiger partial charge in [-0.1, -0.05) is 0 Å². The Morgan fingerprint density at radius 3 is 2.33 bits per heavy atom. The zero-order chi connectivity index (χ0) is 10.7. The number of hydrogen-bond donors (Lipinski definition) is 1. The van der Waals surface area contributed by atoms with Crippen molar-refractivity contribution < 1.29 is 14.7 Å². The lowest BCUT2D eigenvalue weighted by atomic mass is 9.47. The smallest absolute Gasteiger partial charge is 0.326 e. The van der Waals surface area contributed by atoms with Gasteiger partial charge in [0.2, 0.25) is 5.91 Å². The second kappa shape index (κ2) is 2.74. The first-order valence-corrected chi connectivity index (χ1v) is 5.61. The van der Waals surface area contributed by atoms with Crippen molar-refractivity contribution in [1.29, 1.82) is 0 Å². The van der Waals surface area contributed by atoms with E-state index in [2.05, 4.69) is 0 Å². The van der Waals surface area contributed by atoms with E-state index in [9.17, 15) is 14.7 Å². The summed E-state index contributed by atoms with van der Waals surface area (Å²) in [5.74, 6) is 1.15. The molecule has 0 aromatic rings. The van der Waals surface area contributed by atoms with Crippen LogP contribution >= 0.6 is 0 Å². The maximum Gasteiger partial charge on any atom is 0.326 e. The number of aliphatic carboxylic acids is 1. The van der Waals surface area contributed by atoms with Crippen molar-refractivity contribution in [3.63, 3.8) is 0 Å². The molecule has 4 heteroatoms. The predicted molar refractivity (Wildman–Crippen MR) is 52.0 cm³/mol. The van der Waals surface area contributed by atoms with E-state index in [4.69, 9.17) is 0 Å². The van der Waals surface area contributed by atoms with Crippen LogP contribution in [0.1, 0.15) is 19.8 Å². The second-order valence-corrected chi connectivity index (χ2v) is 5.10. The third-order valence-electron chi connectivity index (χ3n) is 4.69. The van der Waals surface area contributed by atoms with Crippen molar-refractivity contribution in [2.45, 2.75) is 25.8 Å². The summed E-state index contributed by atoms with van der Waals surface area (Å²) in [7, 11) is 0. The van der Waals surface area contributed by atoms with E-state index in [1.54, 1.807) is 4.90 Å². The molecule has 82 valence electrons. The van der Waals surface area contributed by atoms with Gasteiger partial charge in [-0.15, -0.1) is 0 Å². The first-order valence-electron chi connectivity index (χ1n) is 5.61. The lowest BCUT2D eigenvalue weighted by molar-refractivity contribution is -0.154. The van der Waals surface area contributed by atoms with Crippen molar-refractivity contribution in [3.05, 3.63) is 0 Å². The number of carboxylic acids is 1. The Bertz CT molecular complexity index is 341. The number of fused-ring (bicyclic) bond motifs is 4. The monoisotopic (exact) mass is 209 g/mol. The summed E-state index contributed by atoms with van der Waals surface area (Å²) in [6.07, 6.45) is 2.41. The van der Waals surface area contributed by atoms with Gasteiger partial charge in [-0.25, -0.2) is 4.79 Å². The number of carbonyl (C=O) groups excluding carboxylic acids is 1. The minimum Gasteiger partial charge on any atom is -0.480 e. The number of hydrogen-bond acceptors (Lipinski definition) is 2. The van der Waals surface area contributed by atoms with Crippen LogP contribution in [-0.4, -0.2) is 34.5 Å². The number of rotatable bonds is 1. The zero-order valence-electron chi connectivity index (χ0n) is 8.72. The maximum absolute atomic E-state index is 11.4. The Morgan fingerprint density at radius 2 is 1.87 bits per heavy atom. The highest BCUT2D eigenvalue weighted by atomic mass is 16.4. The van der Waals surface area contributed by atoms with Crippen LogP contribution in [-0.2, 0) is 9.59 Å². The van der Waals surface area contributed by atoms with Gasteiger partial charge in [-0.2, -0.15) is 0 Å². The van der Waals surface area contributed by atoms with Gasteiger partial charge < -0.3 is 10.0 Å². The molecule has 3 fully saturated rings. The van der Waals surface area contributed by atoms with E-state index in [-0.39, 0.29) is 11.8 Å². The third kappa shape index (κ3) is 0.971. The highest BCUT2D eigenvalue weighted by Gasteiger charge is 2.64. The molecule has 0 bridgehead atoms. The molecule has 2 aliphatic carbocycles. The van der Waals surface area contributed by atoms with E-state index in [0.717, 1.165) is 5.92 Å².